The zero-order valence-electron chi connectivity index (χ0n) is 8.62. The van der Waals surface area contributed by atoms with Gasteiger partial charge in [-0.2, -0.15) is 0 Å². The number of rotatable bonds is 2. The molecule has 1 aromatic carbocycles. The molecule has 2 rings (SSSR count). The Morgan fingerprint density at radius 2 is 2.00 bits per heavy atom. The standard InChI is InChI=1S/C12H17NO/c1-9-5-4-8-11(13)12(9)14-10-6-2-3-7-10/h4-5,8,10H,2-3,6-7,13H2,1H3. The van der Waals surface area contributed by atoms with Gasteiger partial charge in [-0.1, -0.05) is 12.1 Å². The minimum Gasteiger partial charge on any atom is -0.488 e. The molecule has 2 N–H and O–H groups in total. The zero-order valence-corrected chi connectivity index (χ0v) is 8.62. The highest BCUT2D eigenvalue weighted by Crippen LogP contribution is 2.30. The van der Waals surface area contributed by atoms with E-state index in [1.165, 1.54) is 25.7 Å². The van der Waals surface area contributed by atoms with Gasteiger partial charge < -0.3 is 10.5 Å². The molecule has 0 bridgehead atoms. The van der Waals surface area contributed by atoms with Crippen LogP contribution in [-0.4, -0.2) is 6.10 Å². The van der Waals surface area contributed by atoms with Crippen LogP contribution in [-0.2, 0) is 0 Å². The summed E-state index contributed by atoms with van der Waals surface area (Å²) < 4.78 is 5.91. The lowest BCUT2D eigenvalue weighted by atomic mass is 10.2. The van der Waals surface area contributed by atoms with Crippen molar-refractivity contribution in [2.24, 2.45) is 0 Å². The Morgan fingerprint density at radius 1 is 1.29 bits per heavy atom. The van der Waals surface area contributed by atoms with E-state index in [1.807, 2.05) is 25.1 Å². The summed E-state index contributed by atoms with van der Waals surface area (Å²) in [4.78, 5) is 0. The fourth-order valence-electron chi connectivity index (χ4n) is 2.01. The smallest absolute Gasteiger partial charge is 0.145 e. The third-order valence-corrected chi connectivity index (χ3v) is 2.83. The maximum atomic E-state index is 5.91. The van der Waals surface area contributed by atoms with E-state index in [0.29, 0.717) is 6.10 Å². The molecule has 1 fully saturated rings. The van der Waals surface area contributed by atoms with Crippen LogP contribution < -0.4 is 10.5 Å². The number of para-hydroxylation sites is 1. The Hall–Kier alpha value is -1.18. The summed E-state index contributed by atoms with van der Waals surface area (Å²) >= 11 is 0. The average Bonchev–Trinajstić information content (AvgIpc) is 2.64. The number of ether oxygens (including phenoxy) is 1. The van der Waals surface area contributed by atoms with E-state index in [0.717, 1.165) is 17.0 Å². The first kappa shape index (κ1) is 9.38. The Kier molecular flexibility index (Phi) is 2.62. The van der Waals surface area contributed by atoms with E-state index < -0.39 is 0 Å². The normalized spacial score (nSPS) is 17.2. The minimum absolute atomic E-state index is 0.387. The van der Waals surface area contributed by atoms with Crippen LogP contribution in [0.1, 0.15) is 31.2 Å². The Balaban J connectivity index is 2.14. The third-order valence-electron chi connectivity index (χ3n) is 2.83. The first-order valence-corrected chi connectivity index (χ1v) is 5.29. The van der Waals surface area contributed by atoms with Gasteiger partial charge in [-0.05, 0) is 44.2 Å². The highest BCUT2D eigenvalue weighted by atomic mass is 16.5. The van der Waals surface area contributed by atoms with Crippen LogP contribution in [0.5, 0.6) is 5.75 Å². The van der Waals surface area contributed by atoms with Crippen LogP contribution in [0.2, 0.25) is 0 Å². The Bertz CT molecular complexity index is 296. The number of hydrogen-bond acceptors (Lipinski definition) is 2. The molecule has 0 aliphatic heterocycles. The molecule has 76 valence electrons. The zero-order chi connectivity index (χ0) is 9.97. The van der Waals surface area contributed by atoms with Crippen LogP contribution in [0.15, 0.2) is 18.2 Å². The second-order valence-corrected chi connectivity index (χ2v) is 4.02. The number of anilines is 1. The van der Waals surface area contributed by atoms with Crippen molar-refractivity contribution < 1.29 is 4.74 Å². The van der Waals surface area contributed by atoms with Gasteiger partial charge in [-0.15, -0.1) is 0 Å². The van der Waals surface area contributed by atoms with Crippen molar-refractivity contribution in [1.29, 1.82) is 0 Å². The van der Waals surface area contributed by atoms with Crippen molar-refractivity contribution >= 4 is 5.69 Å². The topological polar surface area (TPSA) is 35.2 Å². The van der Waals surface area contributed by atoms with Gasteiger partial charge in [0.25, 0.3) is 0 Å². The molecule has 1 aromatic rings. The largest absolute Gasteiger partial charge is 0.488 e. The van der Waals surface area contributed by atoms with Crippen LogP contribution in [0, 0.1) is 6.92 Å². The van der Waals surface area contributed by atoms with E-state index in [9.17, 15) is 0 Å². The van der Waals surface area contributed by atoms with Crippen molar-refractivity contribution in [2.45, 2.75) is 38.7 Å². The molecule has 1 aliphatic rings. The van der Waals surface area contributed by atoms with E-state index in [4.69, 9.17) is 10.5 Å². The molecule has 2 nitrogen and oxygen atoms in total. The molecule has 0 radical (unpaired) electrons. The monoisotopic (exact) mass is 191 g/mol. The summed E-state index contributed by atoms with van der Waals surface area (Å²) in [6, 6.07) is 5.91. The Labute approximate surface area is 85.1 Å². The lowest BCUT2D eigenvalue weighted by Gasteiger charge is -2.16. The second-order valence-electron chi connectivity index (χ2n) is 4.02. The summed E-state index contributed by atoms with van der Waals surface area (Å²) in [6.07, 6.45) is 5.31. The molecule has 0 atom stereocenters. The lowest BCUT2D eigenvalue weighted by molar-refractivity contribution is 0.210. The minimum atomic E-state index is 0.387. The van der Waals surface area contributed by atoms with Gasteiger partial charge in [0, 0.05) is 0 Å². The number of benzene rings is 1. The predicted molar refractivity (Wildman–Crippen MR) is 58.5 cm³/mol. The quantitative estimate of drug-likeness (QED) is 0.729. The van der Waals surface area contributed by atoms with Crippen molar-refractivity contribution in [3.8, 4) is 5.75 Å². The number of hydrogen-bond donors (Lipinski definition) is 1. The van der Waals surface area contributed by atoms with E-state index >= 15 is 0 Å². The first-order valence-electron chi connectivity index (χ1n) is 5.29. The lowest BCUT2D eigenvalue weighted by Crippen LogP contribution is -2.12. The van der Waals surface area contributed by atoms with Gasteiger partial charge in [-0.3, -0.25) is 0 Å². The third kappa shape index (κ3) is 1.84. The molecule has 0 spiro atoms. The number of aryl methyl sites for hydroxylation is 1. The van der Waals surface area contributed by atoms with Crippen LogP contribution in [0.4, 0.5) is 5.69 Å². The molecule has 0 aromatic heterocycles. The molecule has 14 heavy (non-hydrogen) atoms. The summed E-state index contributed by atoms with van der Waals surface area (Å²) in [6.45, 7) is 2.04. The average molecular weight is 191 g/mol. The summed E-state index contributed by atoms with van der Waals surface area (Å²) in [7, 11) is 0. The highest BCUT2D eigenvalue weighted by Gasteiger charge is 2.18. The fourth-order valence-corrected chi connectivity index (χ4v) is 2.01. The molecular weight excluding hydrogens is 174 g/mol. The molecule has 0 unspecified atom stereocenters. The van der Waals surface area contributed by atoms with Crippen molar-refractivity contribution in [2.75, 3.05) is 5.73 Å². The van der Waals surface area contributed by atoms with Crippen LogP contribution in [0.3, 0.4) is 0 Å². The van der Waals surface area contributed by atoms with Crippen molar-refractivity contribution in [3.05, 3.63) is 23.8 Å². The van der Waals surface area contributed by atoms with E-state index in [1.54, 1.807) is 0 Å². The van der Waals surface area contributed by atoms with Crippen LogP contribution in [0.25, 0.3) is 0 Å². The maximum Gasteiger partial charge on any atom is 0.145 e. The Morgan fingerprint density at radius 3 is 2.64 bits per heavy atom. The van der Waals surface area contributed by atoms with Crippen molar-refractivity contribution in [1.82, 2.24) is 0 Å². The first-order chi connectivity index (χ1) is 6.77. The maximum absolute atomic E-state index is 5.91. The summed E-state index contributed by atoms with van der Waals surface area (Å²) in [5.41, 5.74) is 7.77. The van der Waals surface area contributed by atoms with Crippen molar-refractivity contribution in [3.63, 3.8) is 0 Å². The number of nitrogens with two attached hydrogens (primary N) is 1. The molecule has 0 saturated heterocycles. The highest BCUT2D eigenvalue weighted by molar-refractivity contribution is 5.56. The predicted octanol–water partition coefficient (Wildman–Crippen LogP) is 2.90. The van der Waals surface area contributed by atoms with Gasteiger partial charge in [-0.25, -0.2) is 0 Å². The molecule has 1 aliphatic carbocycles. The number of nitrogen functional groups attached to an aromatic ring is 1. The van der Waals surface area contributed by atoms with Crippen LogP contribution >= 0.6 is 0 Å². The molecule has 0 heterocycles. The van der Waals surface area contributed by atoms with Gasteiger partial charge in [0.1, 0.15) is 5.75 Å². The van der Waals surface area contributed by atoms with Gasteiger partial charge in [0.2, 0.25) is 0 Å². The molecular formula is C12H17NO. The van der Waals surface area contributed by atoms with E-state index in [-0.39, 0.29) is 0 Å². The molecule has 2 heteroatoms. The SMILES string of the molecule is Cc1cccc(N)c1OC1CCCC1. The fraction of sp³-hybridized carbons (Fsp3) is 0.500. The summed E-state index contributed by atoms with van der Waals surface area (Å²) in [5, 5.41) is 0. The van der Waals surface area contributed by atoms with Gasteiger partial charge in [0.15, 0.2) is 0 Å². The molecule has 1 saturated carbocycles. The van der Waals surface area contributed by atoms with E-state index in [2.05, 4.69) is 0 Å². The summed E-state index contributed by atoms with van der Waals surface area (Å²) in [5.74, 6) is 0.888. The van der Waals surface area contributed by atoms with Gasteiger partial charge >= 0.3 is 0 Å². The molecule has 0 amide bonds. The van der Waals surface area contributed by atoms with Gasteiger partial charge in [0.05, 0.1) is 11.8 Å². The second kappa shape index (κ2) is 3.91.